The molecule has 5 heteroatoms. The van der Waals surface area contributed by atoms with Gasteiger partial charge in [0.15, 0.2) is 11.4 Å². The second-order valence-electron chi connectivity index (χ2n) is 3.56. The fraction of sp³-hybridized carbons (Fsp3) is 0.273. The van der Waals surface area contributed by atoms with Crippen LogP contribution in [0.4, 0.5) is 4.39 Å². The molecule has 2 rings (SSSR count). The van der Waals surface area contributed by atoms with E-state index in [1.807, 2.05) is 14.0 Å². The van der Waals surface area contributed by atoms with Gasteiger partial charge in [0.05, 0.1) is 20.9 Å². The molecule has 0 bridgehead atoms. The van der Waals surface area contributed by atoms with Crippen LogP contribution in [-0.2, 0) is 0 Å². The van der Waals surface area contributed by atoms with E-state index >= 15 is 0 Å². The molecule has 1 heterocycles. The predicted octanol–water partition coefficient (Wildman–Crippen LogP) is 4.27. The summed E-state index contributed by atoms with van der Waals surface area (Å²) in [5, 5.41) is 3.52. The van der Waals surface area contributed by atoms with Gasteiger partial charge in [0.25, 0.3) is 0 Å². The van der Waals surface area contributed by atoms with E-state index in [9.17, 15) is 4.39 Å². The Labute approximate surface area is 106 Å². The molecule has 2 nitrogen and oxygen atoms in total. The summed E-state index contributed by atoms with van der Waals surface area (Å²) in [7, 11) is 1.82. The molecule has 0 aliphatic carbocycles. The van der Waals surface area contributed by atoms with Crippen LogP contribution in [0.3, 0.4) is 0 Å². The molecule has 0 aliphatic heterocycles. The first-order valence-corrected chi connectivity index (χ1v) is 5.96. The normalized spacial score (nSPS) is 13.3. The summed E-state index contributed by atoms with van der Waals surface area (Å²) >= 11 is 9.05. The van der Waals surface area contributed by atoms with Crippen LogP contribution < -0.4 is 5.32 Å². The molecule has 1 N–H and O–H groups in total. The van der Waals surface area contributed by atoms with Crippen molar-refractivity contribution in [2.75, 3.05) is 7.05 Å². The molecule has 86 valence electrons. The Bertz CT molecular complexity index is 540. The van der Waals surface area contributed by atoms with Crippen molar-refractivity contribution in [1.82, 2.24) is 5.32 Å². The van der Waals surface area contributed by atoms with Gasteiger partial charge in [-0.1, -0.05) is 11.6 Å². The van der Waals surface area contributed by atoms with Crippen LogP contribution in [0.2, 0.25) is 5.02 Å². The van der Waals surface area contributed by atoms with E-state index < -0.39 is 5.82 Å². The van der Waals surface area contributed by atoms with Crippen molar-refractivity contribution >= 4 is 38.5 Å². The highest BCUT2D eigenvalue weighted by atomic mass is 79.9. The maximum atomic E-state index is 13.7. The topological polar surface area (TPSA) is 25.2 Å². The Kier molecular flexibility index (Phi) is 3.24. The Balaban J connectivity index is 2.70. The molecule has 0 amide bonds. The molecule has 0 spiro atoms. The molecular formula is C11H10BrClFNO. The number of hydrogen-bond acceptors (Lipinski definition) is 2. The Morgan fingerprint density at radius 2 is 2.19 bits per heavy atom. The largest absolute Gasteiger partial charge is 0.458 e. The first-order valence-electron chi connectivity index (χ1n) is 4.78. The number of halogens is 3. The summed E-state index contributed by atoms with van der Waals surface area (Å²) in [5.74, 6) is 0.234. The molecule has 16 heavy (non-hydrogen) atoms. The first-order chi connectivity index (χ1) is 7.54. The molecule has 0 saturated heterocycles. The molecule has 2 aromatic rings. The maximum Gasteiger partial charge on any atom is 0.152 e. The highest BCUT2D eigenvalue weighted by molar-refractivity contribution is 9.10. The lowest BCUT2D eigenvalue weighted by molar-refractivity contribution is 0.474. The van der Waals surface area contributed by atoms with Crippen molar-refractivity contribution in [3.8, 4) is 0 Å². The van der Waals surface area contributed by atoms with Crippen LogP contribution in [0.15, 0.2) is 21.0 Å². The van der Waals surface area contributed by atoms with E-state index in [0.717, 1.165) is 0 Å². The number of fused-ring (bicyclic) bond motifs is 1. The van der Waals surface area contributed by atoms with Gasteiger partial charge in [-0.15, -0.1) is 0 Å². The van der Waals surface area contributed by atoms with Gasteiger partial charge in [0.2, 0.25) is 0 Å². The number of hydrogen-bond donors (Lipinski definition) is 1. The standard InChI is InChI=1S/C11H10BrClFNO/c1-5(15-2)9-3-6-10(14)8(13)4-7(12)11(6)16-9/h3-5,15H,1-2H3. The summed E-state index contributed by atoms with van der Waals surface area (Å²) < 4.78 is 20.0. The molecule has 0 aliphatic rings. The third-order valence-corrected chi connectivity index (χ3v) is 3.39. The van der Waals surface area contributed by atoms with Gasteiger partial charge in [-0.25, -0.2) is 4.39 Å². The molecule has 1 aromatic heterocycles. The quantitative estimate of drug-likeness (QED) is 0.838. The minimum atomic E-state index is -0.446. The fourth-order valence-electron chi connectivity index (χ4n) is 1.48. The third-order valence-electron chi connectivity index (χ3n) is 2.53. The van der Waals surface area contributed by atoms with Crippen LogP contribution in [0.1, 0.15) is 18.7 Å². The van der Waals surface area contributed by atoms with Crippen molar-refractivity contribution < 1.29 is 8.81 Å². The zero-order chi connectivity index (χ0) is 11.9. The number of rotatable bonds is 2. The van der Waals surface area contributed by atoms with Gasteiger partial charge < -0.3 is 9.73 Å². The van der Waals surface area contributed by atoms with E-state index in [2.05, 4.69) is 21.2 Å². The van der Waals surface area contributed by atoms with Gasteiger partial charge >= 0.3 is 0 Å². The number of furan rings is 1. The predicted molar refractivity (Wildman–Crippen MR) is 66.4 cm³/mol. The van der Waals surface area contributed by atoms with Gasteiger partial charge in [-0.2, -0.15) is 0 Å². The van der Waals surface area contributed by atoms with Crippen LogP contribution >= 0.6 is 27.5 Å². The minimum absolute atomic E-state index is 0.0254. The minimum Gasteiger partial charge on any atom is -0.458 e. The van der Waals surface area contributed by atoms with Gasteiger partial charge in [-0.3, -0.25) is 0 Å². The highest BCUT2D eigenvalue weighted by Crippen LogP contribution is 2.35. The Morgan fingerprint density at radius 3 is 2.81 bits per heavy atom. The van der Waals surface area contributed by atoms with Crippen LogP contribution in [-0.4, -0.2) is 7.05 Å². The lowest BCUT2D eigenvalue weighted by Crippen LogP contribution is -2.10. The van der Waals surface area contributed by atoms with Crippen LogP contribution in [0, 0.1) is 5.82 Å². The monoisotopic (exact) mass is 305 g/mol. The zero-order valence-electron chi connectivity index (χ0n) is 8.77. The van der Waals surface area contributed by atoms with E-state index in [0.29, 0.717) is 21.2 Å². The van der Waals surface area contributed by atoms with Gasteiger partial charge in [-0.05, 0) is 42.0 Å². The summed E-state index contributed by atoms with van der Waals surface area (Å²) in [6, 6.07) is 3.19. The lowest BCUT2D eigenvalue weighted by Gasteiger charge is -2.04. The second-order valence-corrected chi connectivity index (χ2v) is 4.82. The second kappa shape index (κ2) is 4.35. The van der Waals surface area contributed by atoms with Crippen molar-refractivity contribution in [3.05, 3.63) is 33.2 Å². The van der Waals surface area contributed by atoms with Crippen molar-refractivity contribution in [2.24, 2.45) is 0 Å². The zero-order valence-corrected chi connectivity index (χ0v) is 11.1. The van der Waals surface area contributed by atoms with Crippen LogP contribution in [0.5, 0.6) is 0 Å². The van der Waals surface area contributed by atoms with Gasteiger partial charge in [0, 0.05) is 0 Å². The van der Waals surface area contributed by atoms with E-state index in [-0.39, 0.29) is 11.1 Å². The Morgan fingerprint density at radius 1 is 1.50 bits per heavy atom. The molecule has 1 aromatic carbocycles. The first kappa shape index (κ1) is 11.9. The molecule has 1 atom stereocenters. The smallest absolute Gasteiger partial charge is 0.152 e. The van der Waals surface area contributed by atoms with Crippen molar-refractivity contribution in [3.63, 3.8) is 0 Å². The average molecular weight is 307 g/mol. The van der Waals surface area contributed by atoms with Gasteiger partial charge in [0.1, 0.15) is 5.76 Å². The lowest BCUT2D eigenvalue weighted by atomic mass is 10.2. The number of nitrogens with one attached hydrogen (secondary N) is 1. The van der Waals surface area contributed by atoms with Crippen molar-refractivity contribution in [2.45, 2.75) is 13.0 Å². The fourth-order valence-corrected chi connectivity index (χ4v) is 2.34. The third kappa shape index (κ3) is 1.85. The highest BCUT2D eigenvalue weighted by Gasteiger charge is 2.17. The summed E-state index contributed by atoms with van der Waals surface area (Å²) in [6.07, 6.45) is 0. The Hall–Kier alpha value is -0.580. The molecule has 1 unspecified atom stereocenters. The average Bonchev–Trinajstić information content (AvgIpc) is 2.70. The number of benzene rings is 1. The maximum absolute atomic E-state index is 13.7. The molecule has 0 saturated carbocycles. The summed E-state index contributed by atoms with van der Waals surface area (Å²) in [6.45, 7) is 1.94. The van der Waals surface area contributed by atoms with Crippen LogP contribution in [0.25, 0.3) is 11.0 Å². The van der Waals surface area contributed by atoms with E-state index in [1.165, 1.54) is 6.07 Å². The summed E-state index contributed by atoms with van der Waals surface area (Å²) in [4.78, 5) is 0. The van der Waals surface area contributed by atoms with Crippen molar-refractivity contribution in [1.29, 1.82) is 0 Å². The SMILES string of the molecule is CNC(C)c1cc2c(F)c(Cl)cc(Br)c2o1. The molecule has 0 fully saturated rings. The van der Waals surface area contributed by atoms with E-state index in [1.54, 1.807) is 6.07 Å². The van der Waals surface area contributed by atoms with E-state index in [4.69, 9.17) is 16.0 Å². The molecular weight excluding hydrogens is 296 g/mol. The molecule has 0 radical (unpaired) electrons. The summed E-state index contributed by atoms with van der Waals surface area (Å²) in [5.41, 5.74) is 0.485.